The van der Waals surface area contributed by atoms with Crippen LogP contribution in [0.2, 0.25) is 0 Å². The molecule has 230 valence electrons. The smallest absolute Gasteiger partial charge is 0.282 e. The van der Waals surface area contributed by atoms with Gasteiger partial charge in [-0.2, -0.15) is 4.57 Å². The summed E-state index contributed by atoms with van der Waals surface area (Å²) in [7, 11) is 6.91. The molecule has 0 aliphatic carbocycles. The van der Waals surface area contributed by atoms with E-state index in [1.807, 2.05) is 11.8 Å². The van der Waals surface area contributed by atoms with Crippen LogP contribution in [0.5, 0.6) is 0 Å². The normalized spacial score (nSPS) is 13.9. The summed E-state index contributed by atoms with van der Waals surface area (Å²) in [5, 5.41) is 2.51. The number of hydrogen-bond donors (Lipinski definition) is 0. The molecule has 0 N–H and O–H groups in total. The number of rotatable bonds is 11. The summed E-state index contributed by atoms with van der Waals surface area (Å²) in [5.41, 5.74) is 7.70. The molecule has 1 aliphatic rings. The molecule has 6 rings (SSSR count). The summed E-state index contributed by atoms with van der Waals surface area (Å²) in [6, 6.07) is 39.8. The molecule has 45 heavy (non-hydrogen) atoms. The van der Waals surface area contributed by atoms with E-state index in [-0.39, 0.29) is 0 Å². The molecule has 1 aliphatic heterocycles. The van der Waals surface area contributed by atoms with Gasteiger partial charge in [0.2, 0.25) is 0 Å². The topological polar surface area (TPSA) is 10.4 Å². The molecule has 0 fully saturated rings. The zero-order valence-corrected chi connectivity index (χ0v) is 28.2. The third-order valence-electron chi connectivity index (χ3n) is 8.74. The molecule has 0 spiro atoms. The maximum Gasteiger partial charge on any atom is 0.282 e. The van der Waals surface area contributed by atoms with Crippen molar-refractivity contribution in [3.8, 4) is 5.69 Å². The number of pyridine rings is 1. The lowest BCUT2D eigenvalue weighted by Crippen LogP contribution is -2.44. The van der Waals surface area contributed by atoms with Gasteiger partial charge in [-0.3, -0.25) is 4.90 Å². The van der Waals surface area contributed by atoms with Crippen LogP contribution in [-0.4, -0.2) is 45.3 Å². The van der Waals surface area contributed by atoms with E-state index in [4.69, 9.17) is 0 Å². The van der Waals surface area contributed by atoms with Gasteiger partial charge in [-0.15, -0.1) is 0 Å². The van der Waals surface area contributed by atoms with E-state index in [0.29, 0.717) is 0 Å². The van der Waals surface area contributed by atoms with E-state index in [1.165, 1.54) is 54.7 Å². The van der Waals surface area contributed by atoms with Crippen LogP contribution in [0.15, 0.2) is 119 Å². The monoisotopic (exact) mass is 614 g/mol. The number of thioether (sulfide) groups is 1. The van der Waals surface area contributed by atoms with Crippen molar-refractivity contribution in [3.05, 3.63) is 131 Å². The van der Waals surface area contributed by atoms with E-state index < -0.39 is 0 Å². The van der Waals surface area contributed by atoms with Crippen molar-refractivity contribution in [2.45, 2.75) is 38.1 Å². The van der Waals surface area contributed by atoms with Gasteiger partial charge in [-0.25, -0.2) is 0 Å². The molecule has 4 aromatic carbocycles. The third-order valence-corrected chi connectivity index (χ3v) is 9.90. The summed E-state index contributed by atoms with van der Waals surface area (Å²) in [6.45, 7) is 8.65. The number of hydrogen-bond acceptors (Lipinski definition) is 3. The molecule has 4 nitrogen and oxygen atoms in total. The maximum atomic E-state index is 2.62. The minimum Gasteiger partial charge on any atom is -0.338 e. The fourth-order valence-electron chi connectivity index (χ4n) is 6.58. The van der Waals surface area contributed by atoms with E-state index in [0.717, 1.165) is 43.5 Å². The first-order chi connectivity index (χ1) is 21.8. The average Bonchev–Trinajstić information content (AvgIpc) is 3.35. The van der Waals surface area contributed by atoms with Gasteiger partial charge < -0.3 is 9.38 Å². The highest BCUT2D eigenvalue weighted by Crippen LogP contribution is 2.45. The maximum absolute atomic E-state index is 2.62. The molecule has 5 heteroatoms. The zero-order chi connectivity index (χ0) is 31.4. The first-order valence-electron chi connectivity index (χ1n) is 16.2. The summed E-state index contributed by atoms with van der Waals surface area (Å²) in [5.74, 6) is 1.25. The van der Waals surface area contributed by atoms with Gasteiger partial charge in [0.15, 0.2) is 0 Å². The van der Waals surface area contributed by atoms with Crippen LogP contribution in [0.25, 0.3) is 22.7 Å². The van der Waals surface area contributed by atoms with Gasteiger partial charge in [0, 0.05) is 35.4 Å². The number of aryl methyl sites for hydroxylation is 1. The molecule has 0 bridgehead atoms. The second-order valence-electron chi connectivity index (χ2n) is 12.9. The zero-order valence-electron chi connectivity index (χ0n) is 27.4. The molecular weight excluding hydrogens is 569 g/mol. The number of nitrogens with zero attached hydrogens (tertiary/aromatic N) is 4. The molecule has 2 heterocycles. The lowest BCUT2D eigenvalue weighted by atomic mass is 10.1. The molecule has 5 aromatic rings. The Hall–Kier alpha value is -4.06. The fraction of sp³-hybridized carbons (Fsp3) is 0.275. The molecule has 0 amide bonds. The number of fused-ring (bicyclic) bond motifs is 2. The molecule has 0 saturated carbocycles. The third kappa shape index (κ3) is 6.95. The van der Waals surface area contributed by atoms with Crippen molar-refractivity contribution >= 4 is 40.2 Å². The summed E-state index contributed by atoms with van der Waals surface area (Å²) < 4.78 is 3.45. The van der Waals surface area contributed by atoms with Crippen LogP contribution in [-0.2, 0) is 6.54 Å². The quantitative estimate of drug-likeness (QED) is 0.109. The van der Waals surface area contributed by atoms with E-state index in [1.54, 1.807) is 0 Å². The van der Waals surface area contributed by atoms with Crippen LogP contribution in [0.4, 0.5) is 11.5 Å². The van der Waals surface area contributed by atoms with Crippen LogP contribution < -0.4 is 14.4 Å². The molecule has 0 saturated heterocycles. The Kier molecular flexibility index (Phi) is 9.29. The molecule has 0 atom stereocenters. The van der Waals surface area contributed by atoms with Crippen LogP contribution in [0.3, 0.4) is 0 Å². The number of benzene rings is 4. The summed E-state index contributed by atoms with van der Waals surface area (Å²) >= 11 is 1.86. The van der Waals surface area contributed by atoms with Gasteiger partial charge in [0.25, 0.3) is 5.82 Å². The number of anilines is 2. The van der Waals surface area contributed by atoms with Gasteiger partial charge in [0.05, 0.1) is 44.4 Å². The SMILES string of the molecule is CCCN(CCC[N+](C)(C)Cc1cccc(C)c1)c1cc(C=C2Sc3ccccc3N2C)c2ccccc2[n+]1-c1ccccc1. The molecular formula is C40H46N4S+2. The Morgan fingerprint density at radius 2 is 1.60 bits per heavy atom. The summed E-state index contributed by atoms with van der Waals surface area (Å²) in [6.07, 6.45) is 4.59. The number of quaternary nitrogens is 1. The van der Waals surface area contributed by atoms with E-state index in [2.05, 4.69) is 165 Å². The van der Waals surface area contributed by atoms with Gasteiger partial charge in [-0.1, -0.05) is 97.0 Å². The van der Waals surface area contributed by atoms with Crippen molar-refractivity contribution in [2.24, 2.45) is 0 Å². The highest BCUT2D eigenvalue weighted by atomic mass is 32.2. The second kappa shape index (κ2) is 13.5. The highest BCUT2D eigenvalue weighted by Gasteiger charge is 2.27. The largest absolute Gasteiger partial charge is 0.338 e. The highest BCUT2D eigenvalue weighted by molar-refractivity contribution is 8.03. The van der Waals surface area contributed by atoms with E-state index >= 15 is 0 Å². The van der Waals surface area contributed by atoms with Crippen LogP contribution >= 0.6 is 11.8 Å². The lowest BCUT2D eigenvalue weighted by molar-refractivity contribution is -0.903. The fourth-order valence-corrected chi connectivity index (χ4v) is 7.68. The predicted octanol–water partition coefficient (Wildman–Crippen LogP) is 8.85. The molecule has 1 aromatic heterocycles. The Morgan fingerprint density at radius 1 is 0.844 bits per heavy atom. The summed E-state index contributed by atoms with van der Waals surface area (Å²) in [4.78, 5) is 6.25. The minimum atomic E-state index is 0.974. The van der Waals surface area contributed by atoms with E-state index in [9.17, 15) is 0 Å². The minimum absolute atomic E-state index is 0.974. The van der Waals surface area contributed by atoms with Crippen molar-refractivity contribution < 1.29 is 9.05 Å². The van der Waals surface area contributed by atoms with Crippen molar-refractivity contribution in [2.75, 3.05) is 50.6 Å². The average molecular weight is 615 g/mol. The Bertz CT molecular complexity index is 1810. The lowest BCUT2D eigenvalue weighted by Gasteiger charge is -2.31. The molecule has 0 unspecified atom stereocenters. The van der Waals surface area contributed by atoms with Crippen molar-refractivity contribution in [3.63, 3.8) is 0 Å². The first kappa shape index (κ1) is 30.9. The van der Waals surface area contributed by atoms with Crippen LogP contribution in [0, 0.1) is 6.92 Å². The standard InChI is InChI=1S/C40H46N4S/c1-6-24-42(25-15-26-44(4,5)30-32-17-14-16-31(2)27-32)39-28-33(29-40-41(3)37-22-12-13-23-38(37)45-40)35-20-10-11-21-36(35)43(39)34-18-8-7-9-19-34/h7-14,16-23,27-29H,6,15,24-26,30H2,1-5H3/q+2. The Morgan fingerprint density at radius 3 is 2.38 bits per heavy atom. The van der Waals surface area contributed by atoms with Gasteiger partial charge in [-0.05, 0) is 55.3 Å². The number of aromatic nitrogens is 1. The Balaban J connectivity index is 1.38. The molecule has 0 radical (unpaired) electrons. The van der Waals surface area contributed by atoms with Crippen molar-refractivity contribution in [1.29, 1.82) is 0 Å². The number of para-hydroxylation sites is 3. The van der Waals surface area contributed by atoms with Crippen LogP contribution in [0.1, 0.15) is 36.5 Å². The second-order valence-corrected chi connectivity index (χ2v) is 14.0. The van der Waals surface area contributed by atoms with Gasteiger partial charge >= 0.3 is 0 Å². The van der Waals surface area contributed by atoms with Gasteiger partial charge in [0.1, 0.15) is 17.7 Å². The first-order valence-corrected chi connectivity index (χ1v) is 17.0. The predicted molar refractivity (Wildman–Crippen MR) is 193 cm³/mol. The van der Waals surface area contributed by atoms with Crippen molar-refractivity contribution in [1.82, 2.24) is 0 Å². The Labute approximate surface area is 273 Å².